The zero-order valence-electron chi connectivity index (χ0n) is 11.2. The highest BCUT2D eigenvalue weighted by Crippen LogP contribution is 2.21. The Morgan fingerprint density at radius 2 is 2.12 bits per heavy atom. The van der Waals surface area contributed by atoms with Gasteiger partial charge in [-0.05, 0) is 52.5 Å². The van der Waals surface area contributed by atoms with Crippen molar-refractivity contribution in [2.45, 2.75) is 33.4 Å². The molecule has 0 aliphatic rings. The summed E-state index contributed by atoms with van der Waals surface area (Å²) in [5.41, 5.74) is 1.40. The van der Waals surface area contributed by atoms with Crippen LogP contribution in [0.4, 0.5) is 0 Å². The van der Waals surface area contributed by atoms with Crippen molar-refractivity contribution in [3.8, 4) is 0 Å². The van der Waals surface area contributed by atoms with Gasteiger partial charge in [0.05, 0.1) is 3.79 Å². The minimum atomic E-state index is 0.579. The summed E-state index contributed by atoms with van der Waals surface area (Å²) in [6.45, 7) is 9.95. The van der Waals surface area contributed by atoms with Crippen LogP contribution in [0.2, 0.25) is 0 Å². The molecular weight excluding hydrogens is 296 g/mol. The van der Waals surface area contributed by atoms with Gasteiger partial charge in [0.15, 0.2) is 0 Å². The molecule has 0 aliphatic carbocycles. The summed E-state index contributed by atoms with van der Waals surface area (Å²) in [5.74, 6) is 0.685. The van der Waals surface area contributed by atoms with Gasteiger partial charge in [-0.15, -0.1) is 11.3 Å². The van der Waals surface area contributed by atoms with Gasteiger partial charge in [0.2, 0.25) is 0 Å². The molecule has 17 heavy (non-hydrogen) atoms. The second-order valence-electron chi connectivity index (χ2n) is 5.12. The van der Waals surface area contributed by atoms with Crippen molar-refractivity contribution >= 4 is 27.3 Å². The van der Waals surface area contributed by atoms with Crippen molar-refractivity contribution in [1.82, 2.24) is 10.2 Å². The van der Waals surface area contributed by atoms with Crippen molar-refractivity contribution in [2.24, 2.45) is 5.92 Å². The molecule has 0 aromatic carbocycles. The Balaban J connectivity index is 2.26. The van der Waals surface area contributed by atoms with E-state index in [2.05, 4.69) is 65.4 Å². The fraction of sp³-hybridized carbons (Fsp3) is 0.692. The molecule has 1 aromatic heterocycles. The van der Waals surface area contributed by atoms with Crippen molar-refractivity contribution < 1.29 is 0 Å². The largest absolute Gasteiger partial charge is 0.314 e. The standard InChI is InChI=1S/C13H23BrN2S/c1-10(2)15-6-11(3)7-16(4)8-12-5-13(14)17-9-12/h5,9-11,15H,6-8H2,1-4H3. The molecule has 0 aliphatic heterocycles. The Morgan fingerprint density at radius 1 is 1.41 bits per heavy atom. The van der Waals surface area contributed by atoms with E-state index in [0.717, 1.165) is 19.6 Å². The van der Waals surface area contributed by atoms with E-state index < -0.39 is 0 Å². The molecule has 0 saturated heterocycles. The second kappa shape index (κ2) is 7.52. The number of thiophene rings is 1. The van der Waals surface area contributed by atoms with E-state index in [1.165, 1.54) is 9.35 Å². The average Bonchev–Trinajstić information content (AvgIpc) is 2.60. The molecule has 0 spiro atoms. The molecule has 0 bridgehead atoms. The van der Waals surface area contributed by atoms with E-state index in [-0.39, 0.29) is 0 Å². The van der Waals surface area contributed by atoms with Crippen LogP contribution in [0.25, 0.3) is 0 Å². The van der Waals surface area contributed by atoms with Gasteiger partial charge < -0.3 is 10.2 Å². The predicted molar refractivity (Wildman–Crippen MR) is 80.7 cm³/mol. The molecule has 4 heteroatoms. The van der Waals surface area contributed by atoms with Gasteiger partial charge in [-0.1, -0.05) is 20.8 Å². The number of rotatable bonds is 7. The lowest BCUT2D eigenvalue weighted by atomic mass is 10.1. The minimum absolute atomic E-state index is 0.579. The first-order valence-corrected chi connectivity index (χ1v) is 7.79. The SMILES string of the molecule is CC(CNC(C)C)CN(C)Cc1csc(Br)c1. The van der Waals surface area contributed by atoms with Gasteiger partial charge in [0.1, 0.15) is 0 Å². The quantitative estimate of drug-likeness (QED) is 0.826. The Bertz CT molecular complexity index is 325. The van der Waals surface area contributed by atoms with Crippen LogP contribution < -0.4 is 5.32 Å². The molecule has 1 aromatic rings. The third kappa shape index (κ3) is 6.55. The molecule has 0 saturated carbocycles. The normalized spacial score (nSPS) is 13.6. The van der Waals surface area contributed by atoms with Crippen LogP contribution in [-0.4, -0.2) is 31.1 Å². The highest BCUT2D eigenvalue weighted by molar-refractivity contribution is 9.11. The van der Waals surface area contributed by atoms with E-state index >= 15 is 0 Å². The molecular formula is C13H23BrN2S. The van der Waals surface area contributed by atoms with Crippen LogP contribution in [0.3, 0.4) is 0 Å². The summed E-state index contributed by atoms with van der Waals surface area (Å²) in [7, 11) is 2.19. The maximum atomic E-state index is 3.50. The van der Waals surface area contributed by atoms with Gasteiger partial charge in [-0.2, -0.15) is 0 Å². The fourth-order valence-electron chi connectivity index (χ4n) is 1.84. The zero-order chi connectivity index (χ0) is 12.8. The van der Waals surface area contributed by atoms with Crippen molar-refractivity contribution in [3.63, 3.8) is 0 Å². The number of halogens is 1. The number of nitrogens with zero attached hydrogens (tertiary/aromatic N) is 1. The van der Waals surface area contributed by atoms with Gasteiger partial charge in [0, 0.05) is 19.1 Å². The molecule has 1 atom stereocenters. The van der Waals surface area contributed by atoms with Crippen molar-refractivity contribution in [1.29, 1.82) is 0 Å². The van der Waals surface area contributed by atoms with Gasteiger partial charge in [-0.25, -0.2) is 0 Å². The third-order valence-corrected chi connectivity index (χ3v) is 4.13. The van der Waals surface area contributed by atoms with E-state index in [1.54, 1.807) is 11.3 Å². The number of hydrogen-bond acceptors (Lipinski definition) is 3. The van der Waals surface area contributed by atoms with Gasteiger partial charge in [-0.3, -0.25) is 0 Å². The second-order valence-corrected chi connectivity index (χ2v) is 7.41. The summed E-state index contributed by atoms with van der Waals surface area (Å²) in [5, 5.41) is 5.71. The summed E-state index contributed by atoms with van der Waals surface area (Å²) in [6.07, 6.45) is 0. The van der Waals surface area contributed by atoms with E-state index in [4.69, 9.17) is 0 Å². The van der Waals surface area contributed by atoms with Crippen LogP contribution in [0, 0.1) is 5.92 Å². The first-order valence-electron chi connectivity index (χ1n) is 6.12. The molecule has 1 unspecified atom stereocenters. The molecule has 1 N–H and O–H groups in total. The maximum Gasteiger partial charge on any atom is 0.0701 e. The molecule has 98 valence electrons. The monoisotopic (exact) mass is 318 g/mol. The zero-order valence-corrected chi connectivity index (χ0v) is 13.6. The maximum absolute atomic E-state index is 3.50. The number of nitrogens with one attached hydrogen (secondary N) is 1. The van der Waals surface area contributed by atoms with Crippen LogP contribution in [-0.2, 0) is 6.54 Å². The lowest BCUT2D eigenvalue weighted by Crippen LogP contribution is -2.33. The van der Waals surface area contributed by atoms with Crippen LogP contribution in [0.15, 0.2) is 15.2 Å². The Labute approximate surface area is 118 Å². The van der Waals surface area contributed by atoms with Crippen LogP contribution in [0.5, 0.6) is 0 Å². The van der Waals surface area contributed by atoms with Crippen molar-refractivity contribution in [2.75, 3.05) is 20.1 Å². The van der Waals surface area contributed by atoms with E-state index in [0.29, 0.717) is 12.0 Å². The summed E-state index contributed by atoms with van der Waals surface area (Å²) >= 11 is 5.26. The summed E-state index contributed by atoms with van der Waals surface area (Å²) in [4.78, 5) is 2.39. The first kappa shape index (κ1) is 15.2. The molecule has 0 amide bonds. The fourth-order valence-corrected chi connectivity index (χ4v) is 3.04. The van der Waals surface area contributed by atoms with E-state index in [9.17, 15) is 0 Å². The third-order valence-electron chi connectivity index (χ3n) is 2.57. The van der Waals surface area contributed by atoms with Crippen molar-refractivity contribution in [3.05, 3.63) is 20.8 Å². The Morgan fingerprint density at radius 3 is 2.65 bits per heavy atom. The molecule has 2 nitrogen and oxygen atoms in total. The molecule has 0 radical (unpaired) electrons. The topological polar surface area (TPSA) is 15.3 Å². The Hall–Kier alpha value is 0.100. The summed E-state index contributed by atoms with van der Waals surface area (Å²) in [6, 6.07) is 2.79. The number of hydrogen-bond donors (Lipinski definition) is 1. The lowest BCUT2D eigenvalue weighted by Gasteiger charge is -2.22. The predicted octanol–water partition coefficient (Wildman–Crippen LogP) is 3.58. The molecule has 1 heterocycles. The highest BCUT2D eigenvalue weighted by Gasteiger charge is 2.08. The molecule has 1 rings (SSSR count). The first-order chi connectivity index (χ1) is 7.97. The Kier molecular flexibility index (Phi) is 6.70. The smallest absolute Gasteiger partial charge is 0.0701 e. The van der Waals surface area contributed by atoms with Gasteiger partial charge in [0.25, 0.3) is 0 Å². The lowest BCUT2D eigenvalue weighted by molar-refractivity contribution is 0.271. The molecule has 0 fully saturated rings. The highest BCUT2D eigenvalue weighted by atomic mass is 79.9. The van der Waals surface area contributed by atoms with Crippen LogP contribution in [0.1, 0.15) is 26.3 Å². The van der Waals surface area contributed by atoms with Gasteiger partial charge >= 0.3 is 0 Å². The van der Waals surface area contributed by atoms with E-state index in [1.807, 2.05) is 0 Å². The van der Waals surface area contributed by atoms with Crippen LogP contribution >= 0.6 is 27.3 Å². The minimum Gasteiger partial charge on any atom is -0.314 e. The average molecular weight is 319 g/mol. The summed E-state index contributed by atoms with van der Waals surface area (Å²) < 4.78 is 1.22.